The second kappa shape index (κ2) is 18.2. The summed E-state index contributed by atoms with van der Waals surface area (Å²) in [5.74, 6) is -0.224. The first-order valence-corrected chi connectivity index (χ1v) is 13.4. The van der Waals surface area contributed by atoms with Gasteiger partial charge in [0.15, 0.2) is 6.10 Å². The second-order valence-corrected chi connectivity index (χ2v) is 9.00. The Morgan fingerprint density at radius 2 is 1.41 bits per heavy atom. The molecule has 0 amide bonds. The van der Waals surface area contributed by atoms with Crippen molar-refractivity contribution in [2.45, 2.75) is 71.3 Å². The molecule has 0 aliphatic carbocycles. The molecule has 0 bridgehead atoms. The summed E-state index contributed by atoms with van der Waals surface area (Å²) in [5.41, 5.74) is 2.39. The monoisotopic (exact) mass is 510 g/mol. The van der Waals surface area contributed by atoms with Crippen molar-refractivity contribution < 1.29 is 28.5 Å². The number of unbranched alkanes of at least 4 members (excludes halogenated alkanes) is 6. The lowest BCUT2D eigenvalue weighted by atomic mass is 10.0. The van der Waals surface area contributed by atoms with Crippen molar-refractivity contribution in [3.8, 4) is 16.9 Å². The fourth-order valence-corrected chi connectivity index (χ4v) is 3.62. The normalized spacial score (nSPS) is 11.5. The van der Waals surface area contributed by atoms with Gasteiger partial charge in [0.25, 0.3) is 0 Å². The first-order chi connectivity index (χ1) is 18.0. The number of esters is 2. The minimum Gasteiger partial charge on any atom is -0.494 e. The van der Waals surface area contributed by atoms with Gasteiger partial charge >= 0.3 is 11.9 Å². The van der Waals surface area contributed by atoms with Gasteiger partial charge in [0.05, 0.1) is 25.4 Å². The molecule has 0 aromatic heterocycles. The van der Waals surface area contributed by atoms with E-state index >= 15 is 0 Å². The minimum absolute atomic E-state index is 0.337. The highest BCUT2D eigenvalue weighted by molar-refractivity contribution is 5.92. The lowest BCUT2D eigenvalue weighted by Crippen LogP contribution is -2.26. The summed E-state index contributed by atoms with van der Waals surface area (Å²) in [6.45, 7) is 9.68. The third kappa shape index (κ3) is 12.1. The maximum Gasteiger partial charge on any atom is 0.347 e. The molecule has 0 saturated heterocycles. The highest BCUT2D eigenvalue weighted by Gasteiger charge is 2.20. The number of hydrogen-bond acceptors (Lipinski definition) is 6. The Morgan fingerprint density at radius 1 is 0.811 bits per heavy atom. The zero-order chi connectivity index (χ0) is 26.7. The van der Waals surface area contributed by atoms with Crippen LogP contribution < -0.4 is 4.74 Å². The molecular weight excluding hydrogens is 468 g/mol. The summed E-state index contributed by atoms with van der Waals surface area (Å²) in [5, 5.41) is 0. The second-order valence-electron chi connectivity index (χ2n) is 9.00. The number of hydrogen-bond donors (Lipinski definition) is 0. The average molecular weight is 511 g/mol. The zero-order valence-corrected chi connectivity index (χ0v) is 22.4. The maximum absolute atomic E-state index is 12.4. The summed E-state index contributed by atoms with van der Waals surface area (Å²) in [7, 11) is 0. The molecule has 37 heavy (non-hydrogen) atoms. The van der Waals surface area contributed by atoms with Gasteiger partial charge in [-0.3, -0.25) is 0 Å². The first-order valence-electron chi connectivity index (χ1n) is 13.4. The molecule has 0 saturated carbocycles. The number of benzene rings is 2. The van der Waals surface area contributed by atoms with E-state index in [-0.39, 0.29) is 0 Å². The van der Waals surface area contributed by atoms with E-state index in [1.54, 1.807) is 18.2 Å². The van der Waals surface area contributed by atoms with E-state index in [1.165, 1.54) is 32.6 Å². The van der Waals surface area contributed by atoms with Crippen molar-refractivity contribution in [1.29, 1.82) is 0 Å². The first kappa shape index (κ1) is 30.1. The van der Waals surface area contributed by atoms with Gasteiger partial charge in [-0.25, -0.2) is 9.59 Å². The van der Waals surface area contributed by atoms with Crippen LogP contribution in [0.1, 0.15) is 75.6 Å². The average Bonchev–Trinajstić information content (AvgIpc) is 2.92. The van der Waals surface area contributed by atoms with Crippen LogP contribution in [0.15, 0.2) is 61.2 Å². The Balaban J connectivity index is 1.68. The van der Waals surface area contributed by atoms with Gasteiger partial charge in [0.1, 0.15) is 5.75 Å². The summed E-state index contributed by atoms with van der Waals surface area (Å²) >= 11 is 0. The van der Waals surface area contributed by atoms with Crippen molar-refractivity contribution in [2.24, 2.45) is 0 Å². The van der Waals surface area contributed by atoms with E-state index in [0.29, 0.717) is 25.4 Å². The van der Waals surface area contributed by atoms with Crippen LogP contribution in [-0.4, -0.2) is 44.5 Å². The fraction of sp³-hybridized carbons (Fsp3) is 0.484. The zero-order valence-electron chi connectivity index (χ0n) is 22.4. The van der Waals surface area contributed by atoms with Gasteiger partial charge in [-0.15, -0.1) is 6.58 Å². The van der Waals surface area contributed by atoms with Crippen LogP contribution in [0.2, 0.25) is 0 Å². The largest absolute Gasteiger partial charge is 0.494 e. The Morgan fingerprint density at radius 3 is 2.03 bits per heavy atom. The maximum atomic E-state index is 12.4. The fourth-order valence-electron chi connectivity index (χ4n) is 3.62. The van der Waals surface area contributed by atoms with E-state index in [1.807, 2.05) is 43.3 Å². The van der Waals surface area contributed by atoms with Gasteiger partial charge in [0.2, 0.25) is 0 Å². The lowest BCUT2D eigenvalue weighted by molar-refractivity contribution is -0.153. The van der Waals surface area contributed by atoms with Crippen molar-refractivity contribution in [1.82, 2.24) is 0 Å². The molecule has 202 valence electrons. The predicted molar refractivity (Wildman–Crippen MR) is 147 cm³/mol. The van der Waals surface area contributed by atoms with E-state index in [2.05, 4.69) is 6.58 Å². The smallest absolute Gasteiger partial charge is 0.347 e. The topological polar surface area (TPSA) is 71.1 Å². The van der Waals surface area contributed by atoms with Crippen molar-refractivity contribution in [2.75, 3.05) is 26.4 Å². The third-order valence-electron chi connectivity index (χ3n) is 5.85. The Hall–Kier alpha value is -3.12. The van der Waals surface area contributed by atoms with Crippen LogP contribution in [-0.2, 0) is 19.0 Å². The van der Waals surface area contributed by atoms with Crippen LogP contribution in [0.25, 0.3) is 11.1 Å². The summed E-state index contributed by atoms with van der Waals surface area (Å²) in [4.78, 5) is 24.3. The molecule has 2 aromatic rings. The van der Waals surface area contributed by atoms with Crippen LogP contribution in [0.4, 0.5) is 0 Å². The van der Waals surface area contributed by atoms with Gasteiger partial charge in [0, 0.05) is 6.61 Å². The van der Waals surface area contributed by atoms with Gasteiger partial charge in [-0.05, 0) is 61.6 Å². The van der Waals surface area contributed by atoms with E-state index < -0.39 is 18.0 Å². The number of rotatable bonds is 19. The molecule has 0 aliphatic rings. The summed E-state index contributed by atoms with van der Waals surface area (Å²) < 4.78 is 21.6. The standard InChI is InChI=1S/C31H42O6/c1-4-6-23-36-30(32)25(3)37-31(33)28-15-13-26(14-16-28)27-17-19-29(20-18-27)35-24-12-10-8-7-9-11-22-34-21-5-2/h5,13-20,25H,2,4,6-12,21-24H2,1,3H3. The lowest BCUT2D eigenvalue weighted by Gasteiger charge is -2.13. The van der Waals surface area contributed by atoms with Crippen molar-refractivity contribution >= 4 is 11.9 Å². The van der Waals surface area contributed by atoms with Gasteiger partial charge in [-0.2, -0.15) is 0 Å². The number of carbonyl (C=O) groups excluding carboxylic acids is 2. The molecule has 2 aromatic carbocycles. The van der Waals surface area contributed by atoms with Crippen LogP contribution in [0, 0.1) is 0 Å². The molecule has 2 rings (SSSR count). The highest BCUT2D eigenvalue weighted by Crippen LogP contribution is 2.23. The number of carbonyl (C=O) groups is 2. The highest BCUT2D eigenvalue weighted by atomic mass is 16.6. The molecule has 1 unspecified atom stereocenters. The molecular formula is C31H42O6. The SMILES string of the molecule is C=CCOCCCCCCCCOc1ccc(-c2ccc(C(=O)OC(C)C(=O)OCCCC)cc2)cc1. The van der Waals surface area contributed by atoms with E-state index in [0.717, 1.165) is 49.2 Å². The molecule has 0 heterocycles. The summed E-state index contributed by atoms with van der Waals surface area (Å²) in [6, 6.07) is 15.1. The van der Waals surface area contributed by atoms with Crippen molar-refractivity contribution in [3.63, 3.8) is 0 Å². The minimum atomic E-state index is -0.941. The summed E-state index contributed by atoms with van der Waals surface area (Å²) in [6.07, 6.45) is 9.53. The Bertz CT molecular complexity index is 920. The molecule has 0 radical (unpaired) electrons. The van der Waals surface area contributed by atoms with Gasteiger partial charge in [-0.1, -0.05) is 69.4 Å². The molecule has 6 nitrogen and oxygen atoms in total. The Kier molecular flexibility index (Phi) is 14.8. The third-order valence-corrected chi connectivity index (χ3v) is 5.85. The van der Waals surface area contributed by atoms with E-state index in [9.17, 15) is 9.59 Å². The molecule has 0 aliphatic heterocycles. The number of ether oxygens (including phenoxy) is 4. The predicted octanol–water partition coefficient (Wildman–Crippen LogP) is 7.16. The van der Waals surface area contributed by atoms with Crippen molar-refractivity contribution in [3.05, 3.63) is 66.7 Å². The quantitative estimate of drug-likeness (QED) is 0.113. The molecule has 1 atom stereocenters. The van der Waals surface area contributed by atoms with Crippen LogP contribution in [0.3, 0.4) is 0 Å². The van der Waals surface area contributed by atoms with Crippen LogP contribution >= 0.6 is 0 Å². The molecule has 0 spiro atoms. The Labute approximate surface area is 222 Å². The molecule has 0 fully saturated rings. The van der Waals surface area contributed by atoms with Gasteiger partial charge < -0.3 is 18.9 Å². The van der Waals surface area contributed by atoms with Crippen LogP contribution in [0.5, 0.6) is 5.75 Å². The molecule has 6 heteroatoms. The van der Waals surface area contributed by atoms with E-state index in [4.69, 9.17) is 18.9 Å². The molecule has 0 N–H and O–H groups in total.